The smallest absolute Gasteiger partial charge is 0.213 e. The molecule has 3 rings (SSSR count). The zero-order valence-corrected chi connectivity index (χ0v) is 16.8. The van der Waals surface area contributed by atoms with Crippen LogP contribution in [-0.2, 0) is 10.0 Å². The van der Waals surface area contributed by atoms with Gasteiger partial charge in [-0.3, -0.25) is 4.99 Å². The number of anilines is 1. The highest BCUT2D eigenvalue weighted by Gasteiger charge is 2.22. The highest BCUT2D eigenvalue weighted by atomic mass is 32.2. The van der Waals surface area contributed by atoms with Gasteiger partial charge in [0.1, 0.15) is 5.82 Å². The Labute approximate surface area is 162 Å². The third-order valence-electron chi connectivity index (χ3n) is 5.23. The predicted molar refractivity (Wildman–Crippen MR) is 109 cm³/mol. The van der Waals surface area contributed by atoms with E-state index in [4.69, 9.17) is 0 Å². The minimum Gasteiger partial charge on any atom is -0.355 e. The molecule has 2 fully saturated rings. The highest BCUT2D eigenvalue weighted by Crippen LogP contribution is 2.25. The maximum Gasteiger partial charge on any atom is 0.213 e. The first kappa shape index (κ1) is 19.9. The Morgan fingerprint density at radius 1 is 1.26 bits per heavy atom. The first-order valence-electron chi connectivity index (χ1n) is 9.66. The van der Waals surface area contributed by atoms with Crippen LogP contribution in [0.4, 0.5) is 5.82 Å². The van der Waals surface area contributed by atoms with Crippen molar-refractivity contribution in [2.75, 3.05) is 57.0 Å². The second-order valence-electron chi connectivity index (χ2n) is 7.10. The molecule has 2 N–H and O–H groups in total. The standard InChI is InChI=1S/C18H30N6O2S/c1-19-18(21-9-14-27(25,26)22-15-16-5-4-6-16)24-12-10-23(11-13-24)17-7-2-3-8-20-17/h2-3,7-8,16,22H,4-6,9-15H2,1H3,(H,19,21). The number of hydrogen-bond donors (Lipinski definition) is 2. The van der Waals surface area contributed by atoms with Gasteiger partial charge in [0.2, 0.25) is 10.0 Å². The first-order valence-corrected chi connectivity index (χ1v) is 11.3. The second kappa shape index (κ2) is 9.36. The molecular weight excluding hydrogens is 364 g/mol. The minimum atomic E-state index is -3.23. The molecule has 0 spiro atoms. The van der Waals surface area contributed by atoms with Crippen molar-refractivity contribution in [3.63, 3.8) is 0 Å². The molecule has 0 bridgehead atoms. The van der Waals surface area contributed by atoms with Gasteiger partial charge in [-0.05, 0) is 30.9 Å². The van der Waals surface area contributed by atoms with Crippen molar-refractivity contribution < 1.29 is 8.42 Å². The van der Waals surface area contributed by atoms with Gasteiger partial charge in [0, 0.05) is 52.5 Å². The molecule has 8 nitrogen and oxygen atoms in total. The lowest BCUT2D eigenvalue weighted by Gasteiger charge is -2.37. The minimum absolute atomic E-state index is 0.0621. The van der Waals surface area contributed by atoms with Crippen molar-refractivity contribution in [1.29, 1.82) is 0 Å². The zero-order chi connectivity index (χ0) is 19.1. The average molecular weight is 395 g/mol. The molecule has 1 saturated heterocycles. The van der Waals surface area contributed by atoms with Crippen LogP contribution in [0.1, 0.15) is 19.3 Å². The Morgan fingerprint density at radius 3 is 2.63 bits per heavy atom. The number of aliphatic imine (C=N–C) groups is 1. The molecule has 1 aliphatic heterocycles. The van der Waals surface area contributed by atoms with Gasteiger partial charge in [0.05, 0.1) is 5.75 Å². The molecule has 1 aromatic rings. The Hall–Kier alpha value is -1.87. The Balaban J connectivity index is 1.40. The van der Waals surface area contributed by atoms with Crippen LogP contribution in [0.25, 0.3) is 0 Å². The fraction of sp³-hybridized carbons (Fsp3) is 0.667. The van der Waals surface area contributed by atoms with Crippen LogP contribution in [0.15, 0.2) is 29.4 Å². The number of nitrogens with zero attached hydrogens (tertiary/aromatic N) is 4. The van der Waals surface area contributed by atoms with Crippen LogP contribution in [0, 0.1) is 5.92 Å². The summed E-state index contributed by atoms with van der Waals surface area (Å²) in [7, 11) is -1.50. The topological polar surface area (TPSA) is 89.9 Å². The van der Waals surface area contributed by atoms with Crippen LogP contribution in [0.5, 0.6) is 0 Å². The molecule has 27 heavy (non-hydrogen) atoms. The van der Waals surface area contributed by atoms with Crippen molar-refractivity contribution >= 4 is 21.8 Å². The maximum absolute atomic E-state index is 12.1. The third-order valence-corrected chi connectivity index (χ3v) is 6.58. The number of piperazine rings is 1. The summed E-state index contributed by atoms with van der Waals surface area (Å²) < 4.78 is 26.9. The number of hydrogen-bond acceptors (Lipinski definition) is 5. The van der Waals surface area contributed by atoms with Crippen molar-refractivity contribution in [1.82, 2.24) is 19.9 Å². The fourth-order valence-electron chi connectivity index (χ4n) is 3.33. The number of guanidine groups is 1. The lowest BCUT2D eigenvalue weighted by Crippen LogP contribution is -2.53. The Kier molecular flexibility index (Phi) is 6.89. The average Bonchev–Trinajstić information content (AvgIpc) is 2.65. The molecule has 150 valence electrons. The molecule has 0 atom stereocenters. The van der Waals surface area contributed by atoms with E-state index in [2.05, 4.69) is 29.8 Å². The van der Waals surface area contributed by atoms with E-state index >= 15 is 0 Å². The molecule has 0 amide bonds. The zero-order valence-electron chi connectivity index (χ0n) is 16.0. The monoisotopic (exact) mass is 394 g/mol. The number of aromatic nitrogens is 1. The highest BCUT2D eigenvalue weighted by molar-refractivity contribution is 7.89. The second-order valence-corrected chi connectivity index (χ2v) is 9.03. The lowest BCUT2D eigenvalue weighted by atomic mass is 9.86. The maximum atomic E-state index is 12.1. The first-order chi connectivity index (χ1) is 13.1. The van der Waals surface area contributed by atoms with E-state index in [-0.39, 0.29) is 5.75 Å². The van der Waals surface area contributed by atoms with E-state index in [1.807, 2.05) is 24.4 Å². The van der Waals surface area contributed by atoms with Gasteiger partial charge < -0.3 is 15.1 Å². The summed E-state index contributed by atoms with van der Waals surface area (Å²) in [6, 6.07) is 5.93. The van der Waals surface area contributed by atoms with Gasteiger partial charge in [-0.25, -0.2) is 18.1 Å². The van der Waals surface area contributed by atoms with Crippen molar-refractivity contribution in [3.05, 3.63) is 24.4 Å². The van der Waals surface area contributed by atoms with E-state index in [1.54, 1.807) is 7.05 Å². The molecule has 2 heterocycles. The molecule has 1 saturated carbocycles. The lowest BCUT2D eigenvalue weighted by molar-refractivity contribution is 0.316. The fourth-order valence-corrected chi connectivity index (χ4v) is 4.34. The SMILES string of the molecule is CN=C(NCCS(=O)(=O)NCC1CCC1)N1CCN(c2ccccn2)CC1. The molecule has 0 aromatic carbocycles. The van der Waals surface area contributed by atoms with Crippen LogP contribution < -0.4 is 14.9 Å². The Morgan fingerprint density at radius 2 is 2.04 bits per heavy atom. The quantitative estimate of drug-likeness (QED) is 0.517. The number of nitrogens with one attached hydrogen (secondary N) is 2. The van der Waals surface area contributed by atoms with Gasteiger partial charge in [-0.2, -0.15) is 0 Å². The number of sulfonamides is 1. The predicted octanol–water partition coefficient (Wildman–Crippen LogP) is 0.499. The molecule has 1 aliphatic carbocycles. The van der Waals surface area contributed by atoms with E-state index in [9.17, 15) is 8.42 Å². The third kappa shape index (κ3) is 5.80. The number of rotatable bonds is 7. The van der Waals surface area contributed by atoms with Gasteiger partial charge in [-0.15, -0.1) is 0 Å². The normalized spacial score (nSPS) is 19.1. The summed E-state index contributed by atoms with van der Waals surface area (Å²) in [5.41, 5.74) is 0. The summed E-state index contributed by atoms with van der Waals surface area (Å²) in [4.78, 5) is 13.1. The van der Waals surface area contributed by atoms with Crippen LogP contribution in [0.2, 0.25) is 0 Å². The van der Waals surface area contributed by atoms with E-state index in [0.29, 0.717) is 19.0 Å². The molecule has 9 heteroatoms. The van der Waals surface area contributed by atoms with Gasteiger partial charge in [0.25, 0.3) is 0 Å². The van der Waals surface area contributed by atoms with Crippen LogP contribution in [-0.4, -0.2) is 76.3 Å². The van der Waals surface area contributed by atoms with Crippen molar-refractivity contribution in [2.45, 2.75) is 19.3 Å². The van der Waals surface area contributed by atoms with Crippen LogP contribution in [0.3, 0.4) is 0 Å². The molecule has 1 aromatic heterocycles. The van der Waals surface area contributed by atoms with E-state index < -0.39 is 10.0 Å². The van der Waals surface area contributed by atoms with Crippen LogP contribution >= 0.6 is 0 Å². The summed E-state index contributed by atoms with van der Waals surface area (Å²) in [6.07, 6.45) is 5.30. The van der Waals surface area contributed by atoms with E-state index in [0.717, 1.165) is 50.8 Å². The summed E-state index contributed by atoms with van der Waals surface area (Å²) in [5.74, 6) is 2.33. The molecule has 0 radical (unpaired) electrons. The largest absolute Gasteiger partial charge is 0.355 e. The van der Waals surface area contributed by atoms with Crippen molar-refractivity contribution in [2.24, 2.45) is 10.9 Å². The van der Waals surface area contributed by atoms with Crippen molar-refractivity contribution in [3.8, 4) is 0 Å². The molecular formula is C18H30N6O2S. The van der Waals surface area contributed by atoms with Gasteiger partial charge >= 0.3 is 0 Å². The van der Waals surface area contributed by atoms with Gasteiger partial charge in [0.15, 0.2) is 5.96 Å². The van der Waals surface area contributed by atoms with E-state index in [1.165, 1.54) is 6.42 Å². The molecule has 0 unspecified atom stereocenters. The Bertz CT molecular complexity index is 713. The van der Waals surface area contributed by atoms with Gasteiger partial charge in [-0.1, -0.05) is 12.5 Å². The summed E-state index contributed by atoms with van der Waals surface area (Å²) in [5, 5.41) is 3.19. The number of pyridine rings is 1. The summed E-state index contributed by atoms with van der Waals surface area (Å²) in [6.45, 7) is 4.30. The molecule has 2 aliphatic rings. The summed E-state index contributed by atoms with van der Waals surface area (Å²) >= 11 is 0.